The fourth-order valence-electron chi connectivity index (χ4n) is 0.993. The maximum absolute atomic E-state index is 10.5. The van der Waals surface area contributed by atoms with Gasteiger partial charge in [-0.25, -0.2) is 4.79 Å². The molecule has 1 aromatic heterocycles. The Balaban J connectivity index is 2.74. The van der Waals surface area contributed by atoms with E-state index in [-0.39, 0.29) is 6.42 Å². The highest BCUT2D eigenvalue weighted by molar-refractivity contribution is 5.76. The highest BCUT2D eigenvalue weighted by atomic mass is 16.4. The molecule has 1 atom stereocenters. The third-order valence-electron chi connectivity index (χ3n) is 1.75. The molecule has 5 heteroatoms. The van der Waals surface area contributed by atoms with Gasteiger partial charge in [-0.1, -0.05) is 0 Å². The lowest BCUT2D eigenvalue weighted by Gasteiger charge is -2.15. The third-order valence-corrected chi connectivity index (χ3v) is 1.75. The van der Waals surface area contributed by atoms with E-state index in [1.54, 1.807) is 6.07 Å². The minimum absolute atomic E-state index is 0.00662. The van der Waals surface area contributed by atoms with Gasteiger partial charge in [0, 0.05) is 12.1 Å². The quantitative estimate of drug-likeness (QED) is 0.621. The zero-order valence-corrected chi connectivity index (χ0v) is 7.53. The predicted octanol–water partition coefficient (Wildman–Crippen LogP) is 0.0962. The minimum Gasteiger partial charge on any atom is -0.479 e. The molecule has 13 heavy (non-hydrogen) atoms. The molecule has 0 aromatic carbocycles. The molecule has 0 saturated carbocycles. The number of rotatable bonds is 3. The van der Waals surface area contributed by atoms with Gasteiger partial charge in [0.2, 0.25) is 0 Å². The van der Waals surface area contributed by atoms with Gasteiger partial charge in [-0.2, -0.15) is 5.10 Å². The molecule has 0 aliphatic heterocycles. The second kappa shape index (κ2) is 3.18. The topological polar surface area (TPSA) is 86.2 Å². The largest absolute Gasteiger partial charge is 0.479 e. The highest BCUT2D eigenvalue weighted by Gasteiger charge is 2.30. The van der Waals surface area contributed by atoms with Gasteiger partial charge in [-0.15, -0.1) is 0 Å². The first kappa shape index (κ1) is 9.73. The summed E-state index contributed by atoms with van der Waals surface area (Å²) in [6.45, 7) is 3.06. The molecule has 1 rings (SSSR count). The maximum atomic E-state index is 10.5. The lowest BCUT2D eigenvalue weighted by atomic mass is 10.0. The van der Waals surface area contributed by atoms with E-state index in [9.17, 15) is 9.90 Å². The summed E-state index contributed by atoms with van der Waals surface area (Å²) >= 11 is 0. The molecule has 3 N–H and O–H groups in total. The van der Waals surface area contributed by atoms with Gasteiger partial charge in [0.15, 0.2) is 5.60 Å². The van der Waals surface area contributed by atoms with Crippen LogP contribution in [0.3, 0.4) is 0 Å². The smallest absolute Gasteiger partial charge is 0.335 e. The number of hydrogen-bond acceptors (Lipinski definition) is 3. The van der Waals surface area contributed by atoms with Crippen LogP contribution in [0.25, 0.3) is 0 Å². The van der Waals surface area contributed by atoms with Crippen molar-refractivity contribution in [1.29, 1.82) is 0 Å². The van der Waals surface area contributed by atoms with Gasteiger partial charge >= 0.3 is 5.97 Å². The van der Waals surface area contributed by atoms with Gasteiger partial charge in [0.1, 0.15) is 0 Å². The van der Waals surface area contributed by atoms with E-state index < -0.39 is 11.6 Å². The van der Waals surface area contributed by atoms with Crippen LogP contribution in [-0.2, 0) is 11.2 Å². The maximum Gasteiger partial charge on any atom is 0.335 e. The zero-order chi connectivity index (χ0) is 10.1. The third kappa shape index (κ3) is 2.29. The van der Waals surface area contributed by atoms with Crippen LogP contribution >= 0.6 is 0 Å². The van der Waals surface area contributed by atoms with E-state index in [0.29, 0.717) is 5.69 Å². The summed E-state index contributed by atoms with van der Waals surface area (Å²) in [4.78, 5) is 10.5. The normalized spacial score (nSPS) is 15.3. The van der Waals surface area contributed by atoms with Gasteiger partial charge in [0.05, 0.1) is 5.69 Å². The summed E-state index contributed by atoms with van der Waals surface area (Å²) in [7, 11) is 0. The molecule has 0 amide bonds. The van der Waals surface area contributed by atoms with E-state index in [1.807, 2.05) is 6.92 Å². The Bertz CT molecular complexity index is 317. The average molecular weight is 184 g/mol. The Morgan fingerprint density at radius 2 is 2.38 bits per heavy atom. The molecule has 1 aromatic rings. The molecular weight excluding hydrogens is 172 g/mol. The van der Waals surface area contributed by atoms with Crippen LogP contribution < -0.4 is 0 Å². The van der Waals surface area contributed by atoms with Gasteiger partial charge < -0.3 is 10.2 Å². The van der Waals surface area contributed by atoms with E-state index in [0.717, 1.165) is 5.69 Å². The monoisotopic (exact) mass is 184 g/mol. The number of H-pyrrole nitrogens is 1. The molecule has 0 fully saturated rings. The van der Waals surface area contributed by atoms with Crippen LogP contribution in [0.2, 0.25) is 0 Å². The van der Waals surface area contributed by atoms with Crippen molar-refractivity contribution < 1.29 is 15.0 Å². The second-order valence-electron chi connectivity index (χ2n) is 3.30. The lowest BCUT2D eigenvalue weighted by Crippen LogP contribution is -2.37. The van der Waals surface area contributed by atoms with Crippen LogP contribution in [0, 0.1) is 6.92 Å². The molecule has 0 radical (unpaired) electrons. The van der Waals surface area contributed by atoms with E-state index in [1.165, 1.54) is 6.92 Å². The van der Waals surface area contributed by atoms with Crippen LogP contribution in [0.1, 0.15) is 18.3 Å². The lowest BCUT2D eigenvalue weighted by molar-refractivity contribution is -0.156. The standard InChI is InChI=1S/C8H12N2O3/c1-5-3-6(10-9-5)4-8(2,13)7(11)12/h3,13H,4H2,1-2H3,(H,9,10)(H,11,12). The SMILES string of the molecule is Cc1cc(CC(C)(O)C(=O)O)n[nH]1. The Morgan fingerprint density at radius 3 is 2.77 bits per heavy atom. The number of carboxylic acids is 1. The first-order chi connectivity index (χ1) is 5.92. The zero-order valence-electron chi connectivity index (χ0n) is 7.53. The number of nitrogens with zero attached hydrogens (tertiary/aromatic N) is 1. The molecule has 72 valence electrons. The first-order valence-electron chi connectivity index (χ1n) is 3.88. The number of aliphatic carboxylic acids is 1. The molecule has 1 heterocycles. The molecular formula is C8H12N2O3. The molecule has 0 bridgehead atoms. The Morgan fingerprint density at radius 1 is 1.77 bits per heavy atom. The van der Waals surface area contributed by atoms with Crippen LogP contribution in [0.15, 0.2) is 6.07 Å². The van der Waals surface area contributed by atoms with Crippen molar-refractivity contribution in [1.82, 2.24) is 10.2 Å². The summed E-state index contributed by atoms with van der Waals surface area (Å²) in [5.41, 5.74) is -0.358. The van der Waals surface area contributed by atoms with E-state index in [4.69, 9.17) is 5.11 Å². The van der Waals surface area contributed by atoms with Gasteiger partial charge in [-0.3, -0.25) is 5.10 Å². The first-order valence-corrected chi connectivity index (χ1v) is 3.88. The summed E-state index contributed by atoms with van der Waals surface area (Å²) in [6.07, 6.45) is 0.00662. The fraction of sp³-hybridized carbons (Fsp3) is 0.500. The van der Waals surface area contributed by atoms with Crippen LogP contribution in [-0.4, -0.2) is 32.0 Å². The Kier molecular flexibility index (Phi) is 2.38. The summed E-state index contributed by atoms with van der Waals surface area (Å²) in [5, 5.41) is 24.5. The molecule has 0 aliphatic rings. The van der Waals surface area contributed by atoms with Crippen molar-refractivity contribution in [3.8, 4) is 0 Å². The van der Waals surface area contributed by atoms with Gasteiger partial charge in [-0.05, 0) is 19.9 Å². The molecule has 0 spiro atoms. The van der Waals surface area contributed by atoms with Gasteiger partial charge in [0.25, 0.3) is 0 Å². The van der Waals surface area contributed by atoms with Crippen molar-refractivity contribution in [3.05, 3.63) is 17.5 Å². The Hall–Kier alpha value is -1.36. The van der Waals surface area contributed by atoms with Crippen molar-refractivity contribution in [2.24, 2.45) is 0 Å². The van der Waals surface area contributed by atoms with Crippen molar-refractivity contribution >= 4 is 5.97 Å². The number of aromatic amines is 1. The number of hydrogen-bond donors (Lipinski definition) is 3. The highest BCUT2D eigenvalue weighted by Crippen LogP contribution is 2.11. The predicted molar refractivity (Wildman–Crippen MR) is 45.3 cm³/mol. The van der Waals surface area contributed by atoms with E-state index in [2.05, 4.69) is 10.2 Å². The van der Waals surface area contributed by atoms with E-state index >= 15 is 0 Å². The number of aryl methyl sites for hydroxylation is 1. The number of carboxylic acid groups (broad SMARTS) is 1. The minimum atomic E-state index is -1.75. The fourth-order valence-corrected chi connectivity index (χ4v) is 0.993. The number of nitrogens with one attached hydrogen (secondary N) is 1. The summed E-state index contributed by atoms with van der Waals surface area (Å²) in [5.74, 6) is -1.24. The van der Waals surface area contributed by atoms with Crippen molar-refractivity contribution in [2.75, 3.05) is 0 Å². The average Bonchev–Trinajstić information content (AvgIpc) is 2.34. The molecule has 5 nitrogen and oxygen atoms in total. The second-order valence-corrected chi connectivity index (χ2v) is 3.30. The van der Waals surface area contributed by atoms with Crippen molar-refractivity contribution in [2.45, 2.75) is 25.9 Å². The van der Waals surface area contributed by atoms with Crippen molar-refractivity contribution in [3.63, 3.8) is 0 Å². The number of aromatic nitrogens is 2. The van der Waals surface area contributed by atoms with Crippen LogP contribution in [0.4, 0.5) is 0 Å². The molecule has 0 aliphatic carbocycles. The molecule has 1 unspecified atom stereocenters. The Labute approximate surface area is 75.4 Å². The number of aliphatic hydroxyl groups is 1. The summed E-state index contributed by atoms with van der Waals surface area (Å²) in [6, 6.07) is 1.71. The summed E-state index contributed by atoms with van der Waals surface area (Å²) < 4.78 is 0. The van der Waals surface area contributed by atoms with Crippen LogP contribution in [0.5, 0.6) is 0 Å². The number of carbonyl (C=O) groups is 1. The molecule has 0 saturated heterocycles.